The number of alkyl halides is 3. The fourth-order valence-corrected chi connectivity index (χ4v) is 7.31. The lowest BCUT2D eigenvalue weighted by atomic mass is 10.0. The van der Waals surface area contributed by atoms with Crippen molar-refractivity contribution in [2.75, 3.05) is 25.1 Å². The van der Waals surface area contributed by atoms with Crippen molar-refractivity contribution in [2.45, 2.75) is 76.5 Å². The maximum absolute atomic E-state index is 13.6. The molecule has 2 N–H and O–H groups in total. The number of carbonyl (C=O) groups is 1. The van der Waals surface area contributed by atoms with Gasteiger partial charge in [0.1, 0.15) is 11.4 Å². The fourth-order valence-electron chi connectivity index (χ4n) is 5.29. The minimum Gasteiger partial charge on any atom is -0.444 e. The van der Waals surface area contributed by atoms with E-state index in [0.29, 0.717) is 25.9 Å². The molecule has 1 amide bonds. The summed E-state index contributed by atoms with van der Waals surface area (Å²) in [5.41, 5.74) is -1.23. The Balaban J connectivity index is 1.71. The Kier molecular flexibility index (Phi) is 10.1. The Bertz CT molecular complexity index is 1770. The lowest BCUT2D eigenvalue weighted by molar-refractivity contribution is -0.274. The highest BCUT2D eigenvalue weighted by Gasteiger charge is 2.34. The number of piperidine rings is 1. The minimum absolute atomic E-state index is 0.0249. The molecule has 1 atom stereocenters. The zero-order valence-electron chi connectivity index (χ0n) is 26.0. The topological polar surface area (TPSA) is 123 Å². The van der Waals surface area contributed by atoms with E-state index in [2.05, 4.69) is 15.0 Å². The third-order valence-corrected chi connectivity index (χ3v) is 11.1. The molecule has 1 saturated heterocycles. The van der Waals surface area contributed by atoms with Crippen LogP contribution >= 0.6 is 23.2 Å². The van der Waals surface area contributed by atoms with Gasteiger partial charge < -0.3 is 14.8 Å². The quantitative estimate of drug-likeness (QED) is 0.274. The zero-order valence-corrected chi connectivity index (χ0v) is 28.4. The molecular weight excluding hydrogens is 672 g/mol. The lowest BCUT2D eigenvalue weighted by Crippen LogP contribution is -2.48. The zero-order chi connectivity index (χ0) is 34.3. The average molecular weight is 710 g/mol. The molecule has 2 heterocycles. The van der Waals surface area contributed by atoms with Crippen molar-refractivity contribution in [1.29, 1.82) is 0 Å². The van der Waals surface area contributed by atoms with Gasteiger partial charge >= 0.3 is 12.5 Å². The molecule has 4 rings (SSSR count). The van der Waals surface area contributed by atoms with Gasteiger partial charge in [-0.2, -0.15) is 9.35 Å². The average Bonchev–Trinajstić information content (AvgIpc) is 2.91. The van der Waals surface area contributed by atoms with Gasteiger partial charge in [-0.3, -0.25) is 18.8 Å². The van der Waals surface area contributed by atoms with E-state index in [1.165, 1.54) is 30.8 Å². The van der Waals surface area contributed by atoms with Gasteiger partial charge in [0.2, 0.25) is 0 Å². The molecule has 16 heteroatoms. The molecule has 254 valence electrons. The van der Waals surface area contributed by atoms with Crippen molar-refractivity contribution in [1.82, 2.24) is 19.8 Å². The molecule has 1 aliphatic rings. The van der Waals surface area contributed by atoms with Crippen LogP contribution in [-0.4, -0.2) is 72.4 Å². The number of aromatic nitrogens is 2. The number of likely N-dealkylation sites (tertiary alicyclic amines) is 1. The standard InChI is InChI=1S/C30H37Cl2F3N4O6S/c1-6-46(5,42,43)24-10-9-19(31)12-18(24)14-39-17-36-26-21(27(39)40)13-23(44-30(33,34)35)22(25(26)32)16-38-11-7-8-20(15-38)37-28(41)45-29(2,3)4/h9-10,12-13,17,20H,6-8,11,14-16H2,1-5H3,(H,37,41)(H,42,43). The van der Waals surface area contributed by atoms with Crippen LogP contribution in [0.15, 0.2) is 40.3 Å². The molecule has 0 bridgehead atoms. The molecule has 0 spiro atoms. The SMILES string of the molecule is CCS(C)(=O)(O)c1ccc(Cl)cc1Cn1cnc2c(Cl)c(CN3CCCC(NC(=O)OC(C)(C)C)C3)c(OC(F)(F)F)cc2c1=O. The highest BCUT2D eigenvalue weighted by molar-refractivity contribution is 8.14. The van der Waals surface area contributed by atoms with E-state index in [1.807, 2.05) is 4.90 Å². The summed E-state index contributed by atoms with van der Waals surface area (Å²) in [6.45, 7) is 7.26. The summed E-state index contributed by atoms with van der Waals surface area (Å²) in [5, 5.41) is 2.63. The molecule has 0 radical (unpaired) electrons. The van der Waals surface area contributed by atoms with E-state index in [-0.39, 0.29) is 61.9 Å². The first-order valence-electron chi connectivity index (χ1n) is 14.5. The number of hydrogen-bond acceptors (Lipinski definition) is 7. The number of carbonyl (C=O) groups excluding carboxylic acids is 1. The number of nitrogens with one attached hydrogen (secondary N) is 1. The van der Waals surface area contributed by atoms with Crippen molar-refractivity contribution in [3.8, 4) is 5.75 Å². The second-order valence-corrected chi connectivity index (χ2v) is 17.3. The van der Waals surface area contributed by atoms with Gasteiger partial charge in [-0.15, -0.1) is 13.2 Å². The highest BCUT2D eigenvalue weighted by Crippen LogP contribution is 2.38. The van der Waals surface area contributed by atoms with Crippen molar-refractivity contribution >= 4 is 49.5 Å². The van der Waals surface area contributed by atoms with E-state index in [1.54, 1.807) is 27.7 Å². The summed E-state index contributed by atoms with van der Waals surface area (Å²) in [7, 11) is -4.29. The van der Waals surface area contributed by atoms with Gasteiger partial charge in [-0.25, -0.2) is 14.0 Å². The smallest absolute Gasteiger partial charge is 0.444 e. The van der Waals surface area contributed by atoms with Gasteiger partial charge in [-0.05, 0) is 76.9 Å². The largest absolute Gasteiger partial charge is 0.573 e. The summed E-state index contributed by atoms with van der Waals surface area (Å²) in [6.07, 6.45) is -2.01. The number of benzene rings is 2. The summed E-state index contributed by atoms with van der Waals surface area (Å²) in [4.78, 5) is 32.2. The molecule has 10 nitrogen and oxygen atoms in total. The summed E-state index contributed by atoms with van der Waals surface area (Å²) < 4.78 is 75.9. The van der Waals surface area contributed by atoms with E-state index >= 15 is 0 Å². The Morgan fingerprint density at radius 3 is 2.52 bits per heavy atom. The first-order chi connectivity index (χ1) is 21.1. The molecule has 1 aliphatic heterocycles. The molecule has 1 fully saturated rings. The van der Waals surface area contributed by atoms with E-state index in [9.17, 15) is 31.5 Å². The van der Waals surface area contributed by atoms with Crippen LogP contribution in [0.2, 0.25) is 10.0 Å². The third kappa shape index (κ3) is 8.71. The Morgan fingerprint density at radius 1 is 1.20 bits per heavy atom. The monoisotopic (exact) mass is 708 g/mol. The van der Waals surface area contributed by atoms with Crippen molar-refractivity contribution < 1.29 is 36.2 Å². The van der Waals surface area contributed by atoms with E-state index < -0.39 is 38.7 Å². The first kappa shape index (κ1) is 35.9. The number of nitrogens with zero attached hydrogens (tertiary/aromatic N) is 3. The number of fused-ring (bicyclic) bond motifs is 1. The maximum Gasteiger partial charge on any atom is 0.573 e. The summed E-state index contributed by atoms with van der Waals surface area (Å²) >= 11 is 12.8. The number of halogens is 5. The minimum atomic E-state index is -5.09. The summed E-state index contributed by atoms with van der Waals surface area (Å²) in [5.74, 6) is -0.757. The number of rotatable bonds is 8. The van der Waals surface area contributed by atoms with Crippen LogP contribution in [0.5, 0.6) is 5.75 Å². The second-order valence-electron chi connectivity index (χ2n) is 12.5. The van der Waals surface area contributed by atoms with Crippen LogP contribution in [0.25, 0.3) is 10.9 Å². The van der Waals surface area contributed by atoms with Crippen LogP contribution in [0, 0.1) is 0 Å². The third-order valence-electron chi connectivity index (χ3n) is 7.56. The van der Waals surface area contributed by atoms with Crippen molar-refractivity contribution in [2.24, 2.45) is 0 Å². The second kappa shape index (κ2) is 12.9. The molecule has 46 heavy (non-hydrogen) atoms. The van der Waals surface area contributed by atoms with E-state index in [4.69, 9.17) is 27.9 Å². The number of hydrogen-bond donors (Lipinski definition) is 2. The van der Waals surface area contributed by atoms with Gasteiger partial charge in [0.05, 0.1) is 33.7 Å². The van der Waals surface area contributed by atoms with Crippen LogP contribution < -0.4 is 15.6 Å². The number of alkyl carbamates (subject to hydrolysis) is 1. The van der Waals surface area contributed by atoms with Crippen molar-refractivity contribution in [3.63, 3.8) is 0 Å². The molecule has 3 aromatic rings. The summed E-state index contributed by atoms with van der Waals surface area (Å²) in [6, 6.07) is 4.97. The lowest BCUT2D eigenvalue weighted by Gasteiger charge is -2.39. The molecule has 2 aromatic carbocycles. The van der Waals surface area contributed by atoms with Crippen LogP contribution in [0.4, 0.5) is 18.0 Å². The molecule has 0 saturated carbocycles. The fraction of sp³-hybridized carbons (Fsp3) is 0.500. The van der Waals surface area contributed by atoms with Gasteiger partial charge in [0.25, 0.3) is 5.56 Å². The van der Waals surface area contributed by atoms with Crippen LogP contribution in [0.3, 0.4) is 0 Å². The van der Waals surface area contributed by atoms with Crippen molar-refractivity contribution in [3.05, 3.63) is 62.1 Å². The van der Waals surface area contributed by atoms with Gasteiger partial charge in [0.15, 0.2) is 0 Å². The molecule has 0 aliphatic carbocycles. The maximum atomic E-state index is 13.6. The van der Waals surface area contributed by atoms with Gasteiger partial charge in [0, 0.05) is 41.7 Å². The Morgan fingerprint density at radius 2 is 1.89 bits per heavy atom. The normalized spacial score (nSPS) is 17.4. The number of amides is 1. The molecule has 1 aromatic heterocycles. The molecular formula is C30H37Cl2F3N4O6S. The van der Waals surface area contributed by atoms with Crippen LogP contribution in [-0.2, 0) is 27.2 Å². The Hall–Kier alpha value is -2.91. The number of ether oxygens (including phenoxy) is 2. The predicted octanol–water partition coefficient (Wildman–Crippen LogP) is 6.44. The van der Waals surface area contributed by atoms with Crippen LogP contribution in [0.1, 0.15) is 51.7 Å². The van der Waals surface area contributed by atoms with Gasteiger partial charge in [-0.1, -0.05) is 23.2 Å². The molecule has 1 unspecified atom stereocenters. The van der Waals surface area contributed by atoms with E-state index in [0.717, 1.165) is 10.6 Å². The Labute approximate surface area is 274 Å². The highest BCUT2D eigenvalue weighted by atomic mass is 35.5. The first-order valence-corrected chi connectivity index (χ1v) is 17.7. The predicted molar refractivity (Wildman–Crippen MR) is 171 cm³/mol.